The van der Waals surface area contributed by atoms with Gasteiger partial charge in [-0.3, -0.25) is 0 Å². The Balaban J connectivity index is 2.23. The van der Waals surface area contributed by atoms with Gasteiger partial charge in [0.2, 0.25) is 0 Å². The first-order valence-electron chi connectivity index (χ1n) is 5.57. The van der Waals surface area contributed by atoms with Gasteiger partial charge in [0.05, 0.1) is 0 Å². The normalized spacial score (nSPS) is 14.6. The van der Waals surface area contributed by atoms with Gasteiger partial charge in [-0.15, -0.1) is 0 Å². The fraction of sp³-hybridized carbons (Fsp3) is 0.286. The monoisotopic (exact) mass is 231 g/mol. The van der Waals surface area contributed by atoms with E-state index in [0.29, 0.717) is 12.0 Å². The summed E-state index contributed by atoms with van der Waals surface area (Å²) in [7, 11) is 2.03. The van der Waals surface area contributed by atoms with E-state index in [-0.39, 0.29) is 0 Å². The maximum atomic E-state index is 3.41. The van der Waals surface area contributed by atoms with Crippen molar-refractivity contribution in [2.75, 3.05) is 7.05 Å². The van der Waals surface area contributed by atoms with Crippen LogP contribution in [0.1, 0.15) is 30.0 Å². The third kappa shape index (κ3) is 2.34. The van der Waals surface area contributed by atoms with Crippen molar-refractivity contribution in [3.8, 4) is 0 Å². The summed E-state index contributed by atoms with van der Waals surface area (Å²) in [4.78, 5) is 0. The molecule has 16 heavy (non-hydrogen) atoms. The summed E-state index contributed by atoms with van der Waals surface area (Å²) in [6.07, 6.45) is 0. The van der Waals surface area contributed by atoms with Crippen LogP contribution < -0.4 is 5.32 Å². The average molecular weight is 231 g/mol. The third-order valence-corrected chi connectivity index (χ3v) is 3.74. The van der Waals surface area contributed by atoms with Crippen molar-refractivity contribution >= 4 is 11.3 Å². The van der Waals surface area contributed by atoms with Crippen LogP contribution in [0.4, 0.5) is 0 Å². The summed E-state index contributed by atoms with van der Waals surface area (Å²) < 4.78 is 0. The van der Waals surface area contributed by atoms with Gasteiger partial charge in [-0.05, 0) is 35.0 Å². The summed E-state index contributed by atoms with van der Waals surface area (Å²) in [5, 5.41) is 7.77. The van der Waals surface area contributed by atoms with E-state index >= 15 is 0 Å². The fourth-order valence-corrected chi connectivity index (χ4v) is 2.80. The van der Waals surface area contributed by atoms with Crippen molar-refractivity contribution < 1.29 is 0 Å². The molecule has 84 valence electrons. The lowest BCUT2D eigenvalue weighted by molar-refractivity contribution is 0.509. The van der Waals surface area contributed by atoms with Crippen LogP contribution in [0, 0.1) is 0 Å². The van der Waals surface area contributed by atoms with E-state index in [4.69, 9.17) is 0 Å². The topological polar surface area (TPSA) is 12.0 Å². The highest BCUT2D eigenvalue weighted by molar-refractivity contribution is 7.07. The zero-order valence-electron chi connectivity index (χ0n) is 9.68. The second-order valence-electron chi connectivity index (χ2n) is 4.02. The fourth-order valence-electron chi connectivity index (χ4n) is 2.11. The van der Waals surface area contributed by atoms with E-state index in [0.717, 1.165) is 0 Å². The largest absolute Gasteiger partial charge is 0.312 e. The van der Waals surface area contributed by atoms with Crippen molar-refractivity contribution in [2.45, 2.75) is 18.9 Å². The number of nitrogens with one attached hydrogen (secondary N) is 1. The van der Waals surface area contributed by atoms with Crippen LogP contribution in [-0.2, 0) is 0 Å². The zero-order valence-corrected chi connectivity index (χ0v) is 10.5. The van der Waals surface area contributed by atoms with E-state index in [2.05, 4.69) is 59.4 Å². The predicted octanol–water partition coefficient (Wildman–Crippen LogP) is 3.81. The quantitative estimate of drug-likeness (QED) is 0.843. The molecule has 0 fully saturated rings. The number of likely N-dealkylation sites (N-methyl/N-ethyl adjacent to an activating group) is 1. The van der Waals surface area contributed by atoms with Crippen molar-refractivity contribution in [3.05, 3.63) is 58.3 Å². The molecule has 0 saturated heterocycles. The SMILES string of the molecule is CNC(c1ccsc1)C(C)c1ccccc1. The molecule has 1 heterocycles. The maximum absolute atomic E-state index is 3.41. The lowest BCUT2D eigenvalue weighted by Gasteiger charge is -2.23. The molecule has 0 aliphatic carbocycles. The first-order valence-corrected chi connectivity index (χ1v) is 6.51. The minimum absolute atomic E-state index is 0.397. The van der Waals surface area contributed by atoms with E-state index in [9.17, 15) is 0 Å². The van der Waals surface area contributed by atoms with Gasteiger partial charge in [0.25, 0.3) is 0 Å². The Labute approximate surface area is 101 Å². The third-order valence-electron chi connectivity index (χ3n) is 3.04. The molecule has 0 bridgehead atoms. The molecule has 2 unspecified atom stereocenters. The molecular weight excluding hydrogens is 214 g/mol. The summed E-state index contributed by atoms with van der Waals surface area (Å²) in [6.45, 7) is 2.27. The number of hydrogen-bond acceptors (Lipinski definition) is 2. The van der Waals surface area contributed by atoms with Gasteiger partial charge in [0.1, 0.15) is 0 Å². The Morgan fingerprint density at radius 1 is 1.06 bits per heavy atom. The van der Waals surface area contributed by atoms with E-state index in [1.807, 2.05) is 7.05 Å². The highest BCUT2D eigenvalue weighted by Gasteiger charge is 2.18. The molecule has 1 N–H and O–H groups in total. The second kappa shape index (κ2) is 5.28. The van der Waals surface area contributed by atoms with Crippen LogP contribution in [0.3, 0.4) is 0 Å². The minimum Gasteiger partial charge on any atom is -0.312 e. The van der Waals surface area contributed by atoms with Crippen molar-refractivity contribution in [3.63, 3.8) is 0 Å². The standard InChI is InChI=1S/C14H17NS/c1-11(12-6-4-3-5-7-12)14(15-2)13-8-9-16-10-13/h3-11,14-15H,1-2H3. The molecule has 0 aliphatic heterocycles. The zero-order chi connectivity index (χ0) is 11.4. The molecule has 2 aromatic rings. The Morgan fingerprint density at radius 3 is 2.38 bits per heavy atom. The molecule has 2 atom stereocenters. The van der Waals surface area contributed by atoms with Crippen LogP contribution >= 0.6 is 11.3 Å². The van der Waals surface area contributed by atoms with Crippen LogP contribution in [0.2, 0.25) is 0 Å². The number of rotatable bonds is 4. The Bertz CT molecular complexity index is 408. The van der Waals surface area contributed by atoms with Gasteiger partial charge in [-0.25, -0.2) is 0 Å². The smallest absolute Gasteiger partial charge is 0.0392 e. The molecule has 2 rings (SSSR count). The molecule has 1 aromatic heterocycles. The number of hydrogen-bond donors (Lipinski definition) is 1. The Kier molecular flexibility index (Phi) is 3.75. The van der Waals surface area contributed by atoms with Crippen LogP contribution in [0.15, 0.2) is 47.2 Å². The lowest BCUT2D eigenvalue weighted by Crippen LogP contribution is -2.21. The maximum Gasteiger partial charge on any atom is 0.0392 e. The highest BCUT2D eigenvalue weighted by atomic mass is 32.1. The summed E-state index contributed by atoms with van der Waals surface area (Å²) in [5.74, 6) is 0.487. The van der Waals surface area contributed by atoms with Gasteiger partial charge >= 0.3 is 0 Å². The number of thiophene rings is 1. The average Bonchev–Trinajstić information content (AvgIpc) is 2.85. The molecule has 0 radical (unpaired) electrons. The minimum atomic E-state index is 0.397. The Morgan fingerprint density at radius 2 is 1.81 bits per heavy atom. The molecule has 0 spiro atoms. The van der Waals surface area contributed by atoms with Crippen LogP contribution in [-0.4, -0.2) is 7.05 Å². The molecule has 1 aromatic carbocycles. The van der Waals surface area contributed by atoms with Gasteiger partial charge in [-0.2, -0.15) is 11.3 Å². The van der Waals surface area contributed by atoms with Gasteiger partial charge in [0, 0.05) is 12.0 Å². The predicted molar refractivity (Wildman–Crippen MR) is 71.0 cm³/mol. The summed E-state index contributed by atoms with van der Waals surface area (Å²) in [5.41, 5.74) is 2.76. The second-order valence-corrected chi connectivity index (χ2v) is 4.80. The molecule has 2 heteroatoms. The molecule has 0 amide bonds. The van der Waals surface area contributed by atoms with Crippen molar-refractivity contribution in [2.24, 2.45) is 0 Å². The molecule has 1 nitrogen and oxygen atoms in total. The van der Waals surface area contributed by atoms with Gasteiger partial charge in [0.15, 0.2) is 0 Å². The molecule has 0 aliphatic rings. The molecular formula is C14H17NS. The van der Waals surface area contributed by atoms with Crippen LogP contribution in [0.25, 0.3) is 0 Å². The summed E-state index contributed by atoms with van der Waals surface area (Å²) in [6, 6.07) is 13.3. The van der Waals surface area contributed by atoms with E-state index < -0.39 is 0 Å². The van der Waals surface area contributed by atoms with Crippen LogP contribution in [0.5, 0.6) is 0 Å². The van der Waals surface area contributed by atoms with Gasteiger partial charge in [-0.1, -0.05) is 37.3 Å². The van der Waals surface area contributed by atoms with Gasteiger partial charge < -0.3 is 5.32 Å². The highest BCUT2D eigenvalue weighted by Crippen LogP contribution is 2.31. The van der Waals surface area contributed by atoms with Crippen molar-refractivity contribution in [1.82, 2.24) is 5.32 Å². The summed E-state index contributed by atoms with van der Waals surface area (Å²) >= 11 is 1.76. The van der Waals surface area contributed by atoms with E-state index in [1.54, 1.807) is 11.3 Å². The lowest BCUT2D eigenvalue weighted by atomic mass is 9.90. The first-order chi connectivity index (χ1) is 7.83. The first kappa shape index (κ1) is 11.4. The van der Waals surface area contributed by atoms with E-state index in [1.165, 1.54) is 11.1 Å². The molecule has 0 saturated carbocycles. The van der Waals surface area contributed by atoms with Crippen molar-refractivity contribution in [1.29, 1.82) is 0 Å². The Hall–Kier alpha value is -1.12. The number of benzene rings is 1.